The highest BCUT2D eigenvalue weighted by Gasteiger charge is 2.32. The summed E-state index contributed by atoms with van der Waals surface area (Å²) in [6.45, 7) is 0. The first-order valence-corrected chi connectivity index (χ1v) is 6.82. The summed E-state index contributed by atoms with van der Waals surface area (Å²) in [5, 5.41) is 0. The van der Waals surface area contributed by atoms with Crippen LogP contribution in [-0.2, 0) is 11.2 Å². The molecular weight excluding hydrogens is 282 g/mol. The van der Waals surface area contributed by atoms with Crippen molar-refractivity contribution in [2.75, 3.05) is 19.1 Å². The van der Waals surface area contributed by atoms with Gasteiger partial charge < -0.3 is 9.47 Å². The van der Waals surface area contributed by atoms with Gasteiger partial charge in [0, 0.05) is 5.56 Å². The van der Waals surface area contributed by atoms with Crippen LogP contribution in [0.5, 0.6) is 11.5 Å². The van der Waals surface area contributed by atoms with Crippen molar-refractivity contribution in [2.24, 2.45) is 0 Å². The smallest absolute Gasteiger partial charge is 0.265 e. The standard InChI is InChI=1S/C17H15NO4/c1-21-13-7-4-12(5-8-13)18-16(19)9-11-3-6-14(22-2)10-15(11)17(18)20/h3-8,10H,9H2,1-2H3. The molecule has 1 aliphatic rings. The molecule has 1 heterocycles. The molecular formula is C17H15NO4. The summed E-state index contributed by atoms with van der Waals surface area (Å²) in [5.74, 6) is 0.682. The molecule has 112 valence electrons. The van der Waals surface area contributed by atoms with E-state index < -0.39 is 0 Å². The molecule has 0 unspecified atom stereocenters. The van der Waals surface area contributed by atoms with Gasteiger partial charge in [0.1, 0.15) is 11.5 Å². The van der Waals surface area contributed by atoms with Crippen LogP contribution in [0.1, 0.15) is 15.9 Å². The highest BCUT2D eigenvalue weighted by molar-refractivity contribution is 6.24. The van der Waals surface area contributed by atoms with Crippen LogP contribution in [0.3, 0.4) is 0 Å². The monoisotopic (exact) mass is 297 g/mol. The number of carbonyl (C=O) groups excluding carboxylic acids is 2. The number of hydrogen-bond donors (Lipinski definition) is 0. The summed E-state index contributed by atoms with van der Waals surface area (Å²) in [7, 11) is 3.11. The number of methoxy groups -OCH3 is 2. The zero-order valence-electron chi connectivity index (χ0n) is 12.3. The summed E-state index contributed by atoms with van der Waals surface area (Å²) >= 11 is 0. The van der Waals surface area contributed by atoms with Gasteiger partial charge in [0.2, 0.25) is 5.91 Å². The molecule has 2 aromatic rings. The van der Waals surface area contributed by atoms with E-state index in [9.17, 15) is 9.59 Å². The fourth-order valence-corrected chi connectivity index (χ4v) is 2.50. The molecule has 0 saturated heterocycles. The van der Waals surface area contributed by atoms with E-state index in [1.54, 1.807) is 56.7 Å². The Kier molecular flexibility index (Phi) is 3.55. The second-order valence-electron chi connectivity index (χ2n) is 4.93. The number of hydrogen-bond acceptors (Lipinski definition) is 4. The van der Waals surface area contributed by atoms with E-state index in [1.165, 1.54) is 4.90 Å². The molecule has 22 heavy (non-hydrogen) atoms. The number of carbonyl (C=O) groups is 2. The minimum atomic E-state index is -0.338. The lowest BCUT2D eigenvalue weighted by Gasteiger charge is -2.27. The van der Waals surface area contributed by atoms with Crippen molar-refractivity contribution < 1.29 is 19.1 Å². The van der Waals surface area contributed by atoms with E-state index in [0.29, 0.717) is 22.7 Å². The molecule has 3 rings (SSSR count). The van der Waals surface area contributed by atoms with Crippen molar-refractivity contribution in [3.05, 3.63) is 53.6 Å². The number of anilines is 1. The average Bonchev–Trinajstić information content (AvgIpc) is 2.55. The topological polar surface area (TPSA) is 55.8 Å². The zero-order chi connectivity index (χ0) is 15.7. The molecule has 0 spiro atoms. The lowest BCUT2D eigenvalue weighted by atomic mass is 9.97. The first kappa shape index (κ1) is 14.1. The zero-order valence-corrected chi connectivity index (χ0v) is 12.3. The predicted octanol–water partition coefficient (Wildman–Crippen LogP) is 2.43. The third-order valence-electron chi connectivity index (χ3n) is 3.67. The Morgan fingerprint density at radius 2 is 1.55 bits per heavy atom. The SMILES string of the molecule is COc1ccc(N2C(=O)Cc3ccc(OC)cc3C2=O)cc1. The second-order valence-corrected chi connectivity index (χ2v) is 4.93. The fraction of sp³-hybridized carbons (Fsp3) is 0.176. The summed E-state index contributed by atoms with van der Waals surface area (Å²) in [6.07, 6.45) is 0.192. The summed E-state index contributed by atoms with van der Waals surface area (Å²) < 4.78 is 10.2. The van der Waals surface area contributed by atoms with E-state index in [4.69, 9.17) is 9.47 Å². The summed E-state index contributed by atoms with van der Waals surface area (Å²) in [6, 6.07) is 12.0. The minimum absolute atomic E-state index is 0.192. The number of amides is 2. The molecule has 0 N–H and O–H groups in total. The number of benzene rings is 2. The molecule has 2 amide bonds. The number of nitrogens with zero attached hydrogens (tertiary/aromatic N) is 1. The largest absolute Gasteiger partial charge is 0.497 e. The van der Waals surface area contributed by atoms with Crippen LogP contribution in [-0.4, -0.2) is 26.0 Å². The lowest BCUT2D eigenvalue weighted by molar-refractivity contribution is -0.117. The Bertz CT molecular complexity index is 737. The first-order valence-electron chi connectivity index (χ1n) is 6.82. The lowest BCUT2D eigenvalue weighted by Crippen LogP contribution is -2.42. The Morgan fingerprint density at radius 3 is 2.18 bits per heavy atom. The Hall–Kier alpha value is -2.82. The van der Waals surface area contributed by atoms with Gasteiger partial charge >= 0.3 is 0 Å². The maximum Gasteiger partial charge on any atom is 0.265 e. The molecule has 0 atom stereocenters. The number of rotatable bonds is 3. The summed E-state index contributed by atoms with van der Waals surface area (Å²) in [4.78, 5) is 26.2. The molecule has 5 heteroatoms. The van der Waals surface area contributed by atoms with Crippen molar-refractivity contribution in [3.8, 4) is 11.5 Å². The third kappa shape index (κ3) is 2.30. The van der Waals surface area contributed by atoms with E-state index in [0.717, 1.165) is 5.56 Å². The van der Waals surface area contributed by atoms with Crippen molar-refractivity contribution >= 4 is 17.5 Å². The van der Waals surface area contributed by atoms with Gasteiger partial charge in [-0.15, -0.1) is 0 Å². The van der Waals surface area contributed by atoms with E-state index in [1.807, 2.05) is 0 Å². The first-order chi connectivity index (χ1) is 10.6. The molecule has 0 saturated carbocycles. The van der Waals surface area contributed by atoms with Crippen LogP contribution in [0.25, 0.3) is 0 Å². The molecule has 0 radical (unpaired) electrons. The highest BCUT2D eigenvalue weighted by atomic mass is 16.5. The molecule has 0 aromatic heterocycles. The van der Waals surface area contributed by atoms with Crippen LogP contribution in [0.4, 0.5) is 5.69 Å². The van der Waals surface area contributed by atoms with Crippen LogP contribution in [0.15, 0.2) is 42.5 Å². The van der Waals surface area contributed by atoms with E-state index in [2.05, 4.69) is 0 Å². The van der Waals surface area contributed by atoms with Crippen molar-refractivity contribution in [2.45, 2.75) is 6.42 Å². The molecule has 2 aromatic carbocycles. The maximum absolute atomic E-state index is 12.7. The Labute approximate surface area is 128 Å². The maximum atomic E-state index is 12.7. The Morgan fingerprint density at radius 1 is 0.909 bits per heavy atom. The van der Waals surface area contributed by atoms with Gasteiger partial charge in [-0.05, 0) is 42.0 Å². The third-order valence-corrected chi connectivity index (χ3v) is 3.67. The van der Waals surface area contributed by atoms with Gasteiger partial charge in [0.15, 0.2) is 0 Å². The number of imide groups is 1. The van der Waals surface area contributed by atoms with Gasteiger partial charge in [-0.3, -0.25) is 9.59 Å². The van der Waals surface area contributed by atoms with Gasteiger partial charge in [0.25, 0.3) is 5.91 Å². The van der Waals surface area contributed by atoms with E-state index >= 15 is 0 Å². The number of fused-ring (bicyclic) bond motifs is 1. The van der Waals surface area contributed by atoms with Crippen molar-refractivity contribution in [1.29, 1.82) is 0 Å². The Balaban J connectivity index is 2.01. The second kappa shape index (κ2) is 5.52. The van der Waals surface area contributed by atoms with Crippen LogP contribution >= 0.6 is 0 Å². The normalized spacial score (nSPS) is 13.8. The van der Waals surface area contributed by atoms with Crippen LogP contribution in [0, 0.1) is 0 Å². The van der Waals surface area contributed by atoms with Crippen LogP contribution < -0.4 is 14.4 Å². The summed E-state index contributed by atoms with van der Waals surface area (Å²) in [5.41, 5.74) is 1.75. The quantitative estimate of drug-likeness (QED) is 0.817. The van der Waals surface area contributed by atoms with Gasteiger partial charge in [-0.1, -0.05) is 6.07 Å². The van der Waals surface area contributed by atoms with Crippen molar-refractivity contribution in [1.82, 2.24) is 0 Å². The molecule has 5 nitrogen and oxygen atoms in total. The van der Waals surface area contributed by atoms with Gasteiger partial charge in [-0.25, -0.2) is 4.90 Å². The van der Waals surface area contributed by atoms with E-state index in [-0.39, 0.29) is 18.2 Å². The highest BCUT2D eigenvalue weighted by Crippen LogP contribution is 2.29. The predicted molar refractivity (Wildman–Crippen MR) is 81.5 cm³/mol. The van der Waals surface area contributed by atoms with Crippen molar-refractivity contribution in [3.63, 3.8) is 0 Å². The molecule has 0 bridgehead atoms. The minimum Gasteiger partial charge on any atom is -0.497 e. The average molecular weight is 297 g/mol. The fourth-order valence-electron chi connectivity index (χ4n) is 2.50. The van der Waals surface area contributed by atoms with Gasteiger partial charge in [0.05, 0.1) is 26.3 Å². The molecule has 1 aliphatic heterocycles. The van der Waals surface area contributed by atoms with Gasteiger partial charge in [-0.2, -0.15) is 0 Å². The van der Waals surface area contributed by atoms with Crippen LogP contribution in [0.2, 0.25) is 0 Å². The number of ether oxygens (including phenoxy) is 2. The molecule has 0 aliphatic carbocycles. The molecule has 0 fully saturated rings.